The predicted molar refractivity (Wildman–Crippen MR) is 83.7 cm³/mol. The van der Waals surface area contributed by atoms with Gasteiger partial charge in [-0.2, -0.15) is 5.10 Å². The molecule has 0 spiro atoms. The molecule has 1 saturated heterocycles. The van der Waals surface area contributed by atoms with Crippen LogP contribution < -0.4 is 4.90 Å². The van der Waals surface area contributed by atoms with Crippen LogP contribution >= 0.6 is 0 Å². The highest BCUT2D eigenvalue weighted by Gasteiger charge is 2.28. The van der Waals surface area contributed by atoms with E-state index < -0.39 is 0 Å². The first-order valence-corrected chi connectivity index (χ1v) is 7.98. The van der Waals surface area contributed by atoms with Gasteiger partial charge in [0, 0.05) is 26.2 Å². The molecule has 2 aliphatic rings. The van der Waals surface area contributed by atoms with E-state index in [0.717, 1.165) is 50.2 Å². The van der Waals surface area contributed by atoms with E-state index in [1.54, 1.807) is 0 Å². The number of likely N-dealkylation sites (N-methyl/N-ethyl adjacent to an activating group) is 1. The lowest BCUT2D eigenvalue weighted by atomic mass is 10.2. The molecule has 3 rings (SSSR count). The highest BCUT2D eigenvalue weighted by molar-refractivity contribution is 5.41. The van der Waals surface area contributed by atoms with Crippen molar-refractivity contribution < 1.29 is 4.74 Å². The van der Waals surface area contributed by atoms with Gasteiger partial charge in [-0.05, 0) is 51.3 Å². The summed E-state index contributed by atoms with van der Waals surface area (Å²) in [5.74, 6) is 1.83. The molecule has 2 fully saturated rings. The van der Waals surface area contributed by atoms with Crippen molar-refractivity contribution in [1.29, 1.82) is 0 Å². The van der Waals surface area contributed by atoms with Crippen LogP contribution in [0.3, 0.4) is 0 Å². The Bertz CT molecular complexity index is 489. The van der Waals surface area contributed by atoms with E-state index in [1.807, 2.05) is 6.92 Å². The minimum absolute atomic E-state index is 0.269. The summed E-state index contributed by atoms with van der Waals surface area (Å²) in [5.41, 5.74) is 2.22. The second-order valence-corrected chi connectivity index (χ2v) is 6.57. The van der Waals surface area contributed by atoms with E-state index in [2.05, 4.69) is 40.0 Å². The van der Waals surface area contributed by atoms with Crippen LogP contribution in [-0.4, -0.2) is 61.0 Å². The Morgan fingerprint density at radius 2 is 2.10 bits per heavy atom. The molecule has 1 aliphatic carbocycles. The second kappa shape index (κ2) is 6.28. The lowest BCUT2D eigenvalue weighted by Crippen LogP contribution is -2.46. The van der Waals surface area contributed by atoms with Gasteiger partial charge in [-0.3, -0.25) is 0 Å². The van der Waals surface area contributed by atoms with E-state index >= 15 is 0 Å². The minimum Gasteiger partial charge on any atom is -0.374 e. The number of nitrogens with zero attached hydrogens (tertiary/aromatic N) is 4. The summed E-state index contributed by atoms with van der Waals surface area (Å²) in [6.45, 7) is 8.97. The van der Waals surface area contributed by atoms with Gasteiger partial charge in [0.05, 0.1) is 18.4 Å². The van der Waals surface area contributed by atoms with Crippen LogP contribution in [0.2, 0.25) is 0 Å². The van der Waals surface area contributed by atoms with E-state index in [0.29, 0.717) is 0 Å². The van der Waals surface area contributed by atoms with Gasteiger partial charge >= 0.3 is 0 Å². The van der Waals surface area contributed by atoms with Crippen molar-refractivity contribution in [2.45, 2.75) is 32.8 Å². The Kier molecular flexibility index (Phi) is 4.40. The molecule has 2 heterocycles. The van der Waals surface area contributed by atoms with Gasteiger partial charge in [0.1, 0.15) is 0 Å². The zero-order chi connectivity index (χ0) is 14.8. The molecule has 0 radical (unpaired) electrons. The van der Waals surface area contributed by atoms with Crippen LogP contribution in [-0.2, 0) is 4.74 Å². The quantitative estimate of drug-likeness (QED) is 0.824. The van der Waals surface area contributed by atoms with Crippen LogP contribution in [0.25, 0.3) is 0 Å². The Balaban J connectivity index is 1.71. The van der Waals surface area contributed by atoms with Gasteiger partial charge in [-0.25, -0.2) is 0 Å². The highest BCUT2D eigenvalue weighted by Crippen LogP contribution is 2.31. The third kappa shape index (κ3) is 3.92. The summed E-state index contributed by atoms with van der Waals surface area (Å²) in [6.07, 6.45) is 2.96. The number of ether oxygens (including phenoxy) is 1. The fourth-order valence-corrected chi connectivity index (χ4v) is 2.78. The lowest BCUT2D eigenvalue weighted by Gasteiger charge is -2.34. The normalized spacial score (nSPS) is 23.3. The number of morpholine rings is 1. The SMILES string of the molecule is Cc1cc(N(CC2CC2)C[C@@H]2CN(C)CCO2)nnc1C. The first kappa shape index (κ1) is 14.7. The van der Waals surface area contributed by atoms with Crippen LogP contribution in [0.4, 0.5) is 5.82 Å². The summed E-state index contributed by atoms with van der Waals surface area (Å²) in [7, 11) is 2.16. The molecular weight excluding hydrogens is 264 g/mol. The molecule has 0 bridgehead atoms. The number of hydrogen-bond acceptors (Lipinski definition) is 5. The van der Waals surface area contributed by atoms with Crippen LogP contribution in [0.1, 0.15) is 24.1 Å². The van der Waals surface area contributed by atoms with Crippen molar-refractivity contribution in [3.63, 3.8) is 0 Å². The van der Waals surface area contributed by atoms with Crippen LogP contribution in [0.15, 0.2) is 6.07 Å². The third-order valence-corrected chi connectivity index (χ3v) is 4.48. The minimum atomic E-state index is 0.269. The number of aromatic nitrogens is 2. The fraction of sp³-hybridized carbons (Fsp3) is 0.750. The average molecular weight is 290 g/mol. The van der Waals surface area contributed by atoms with Crippen molar-refractivity contribution in [3.8, 4) is 0 Å². The summed E-state index contributed by atoms with van der Waals surface area (Å²) < 4.78 is 5.92. The Morgan fingerprint density at radius 1 is 1.29 bits per heavy atom. The molecule has 21 heavy (non-hydrogen) atoms. The zero-order valence-corrected chi connectivity index (χ0v) is 13.4. The predicted octanol–water partition coefficient (Wildman–Crippen LogP) is 1.64. The summed E-state index contributed by atoms with van der Waals surface area (Å²) >= 11 is 0. The molecule has 5 nitrogen and oxygen atoms in total. The van der Waals surface area contributed by atoms with Crippen molar-refractivity contribution in [2.75, 3.05) is 44.7 Å². The Hall–Kier alpha value is -1.20. The molecule has 5 heteroatoms. The molecule has 1 aromatic rings. The van der Waals surface area contributed by atoms with Crippen molar-refractivity contribution in [2.24, 2.45) is 5.92 Å². The van der Waals surface area contributed by atoms with Gasteiger partial charge in [0.2, 0.25) is 0 Å². The maximum atomic E-state index is 5.92. The van der Waals surface area contributed by atoms with Gasteiger partial charge in [-0.1, -0.05) is 0 Å². The lowest BCUT2D eigenvalue weighted by molar-refractivity contribution is -0.0149. The average Bonchev–Trinajstić information content (AvgIpc) is 3.25. The molecule has 0 N–H and O–H groups in total. The second-order valence-electron chi connectivity index (χ2n) is 6.57. The number of aryl methyl sites for hydroxylation is 2. The summed E-state index contributed by atoms with van der Waals surface area (Å²) in [6, 6.07) is 2.16. The maximum absolute atomic E-state index is 5.92. The number of anilines is 1. The number of rotatable bonds is 5. The molecule has 1 aliphatic heterocycles. The topological polar surface area (TPSA) is 41.5 Å². The van der Waals surface area contributed by atoms with Crippen molar-refractivity contribution in [1.82, 2.24) is 15.1 Å². The Morgan fingerprint density at radius 3 is 2.76 bits per heavy atom. The number of hydrogen-bond donors (Lipinski definition) is 0. The highest BCUT2D eigenvalue weighted by atomic mass is 16.5. The van der Waals surface area contributed by atoms with E-state index in [1.165, 1.54) is 18.4 Å². The molecule has 1 aromatic heterocycles. The van der Waals surface area contributed by atoms with Crippen LogP contribution in [0.5, 0.6) is 0 Å². The van der Waals surface area contributed by atoms with E-state index in [4.69, 9.17) is 4.74 Å². The maximum Gasteiger partial charge on any atom is 0.151 e. The fourth-order valence-electron chi connectivity index (χ4n) is 2.78. The molecular formula is C16H26N4O. The van der Waals surface area contributed by atoms with Gasteiger partial charge in [-0.15, -0.1) is 5.10 Å². The van der Waals surface area contributed by atoms with Gasteiger partial charge in [0.25, 0.3) is 0 Å². The summed E-state index contributed by atoms with van der Waals surface area (Å²) in [4.78, 5) is 4.72. The molecule has 0 unspecified atom stereocenters. The zero-order valence-electron chi connectivity index (χ0n) is 13.4. The molecule has 0 amide bonds. The van der Waals surface area contributed by atoms with Crippen molar-refractivity contribution in [3.05, 3.63) is 17.3 Å². The van der Waals surface area contributed by atoms with Gasteiger partial charge in [0.15, 0.2) is 5.82 Å². The molecule has 1 saturated carbocycles. The van der Waals surface area contributed by atoms with Crippen LogP contribution in [0, 0.1) is 19.8 Å². The Labute approximate surface area is 127 Å². The smallest absolute Gasteiger partial charge is 0.151 e. The molecule has 0 aromatic carbocycles. The molecule has 1 atom stereocenters. The summed E-state index contributed by atoms with van der Waals surface area (Å²) in [5, 5.41) is 8.70. The first-order chi connectivity index (χ1) is 10.1. The third-order valence-electron chi connectivity index (χ3n) is 4.48. The molecule has 116 valence electrons. The first-order valence-electron chi connectivity index (χ1n) is 7.98. The van der Waals surface area contributed by atoms with Gasteiger partial charge < -0.3 is 14.5 Å². The van der Waals surface area contributed by atoms with Crippen molar-refractivity contribution >= 4 is 5.82 Å². The van der Waals surface area contributed by atoms with E-state index in [-0.39, 0.29) is 6.10 Å². The standard InChI is InChI=1S/C16H26N4O/c1-12-8-16(18-17-13(12)2)20(9-14-4-5-14)11-15-10-19(3)6-7-21-15/h8,14-15H,4-7,9-11H2,1-3H3/t15-/m0/s1. The van der Waals surface area contributed by atoms with E-state index in [9.17, 15) is 0 Å². The largest absolute Gasteiger partial charge is 0.374 e. The monoisotopic (exact) mass is 290 g/mol.